The lowest BCUT2D eigenvalue weighted by molar-refractivity contribution is -0.0281. The van der Waals surface area contributed by atoms with Gasteiger partial charge in [-0.25, -0.2) is 0 Å². The molecule has 0 atom stereocenters. The van der Waals surface area contributed by atoms with Gasteiger partial charge in [-0.2, -0.15) is 5.10 Å². The van der Waals surface area contributed by atoms with Crippen LogP contribution in [0.2, 0.25) is 0 Å². The molecule has 0 bridgehead atoms. The van der Waals surface area contributed by atoms with Gasteiger partial charge in [0.25, 0.3) is 0 Å². The van der Waals surface area contributed by atoms with Gasteiger partial charge in [-0.3, -0.25) is 9.48 Å². The van der Waals surface area contributed by atoms with E-state index in [9.17, 15) is 4.79 Å². The Hall–Kier alpha value is -1.36. The summed E-state index contributed by atoms with van der Waals surface area (Å²) < 4.78 is 7.46. The topological polar surface area (TPSA) is 47.4 Å². The molecule has 1 saturated heterocycles. The van der Waals surface area contributed by atoms with E-state index in [1.54, 1.807) is 4.68 Å². The molecule has 1 aliphatic heterocycles. The Balaban J connectivity index is 2.36. The molecular formula is C12H19N3O2. The zero-order valence-corrected chi connectivity index (χ0v) is 10.9. The molecule has 0 amide bonds. The SMILES string of the molecule is Cc1nn(C)c(N2CCOC(C)(C)C2)c1C=O. The molecule has 1 fully saturated rings. The molecule has 0 N–H and O–H groups in total. The van der Waals surface area contributed by atoms with Crippen molar-refractivity contribution in [1.29, 1.82) is 0 Å². The van der Waals surface area contributed by atoms with E-state index in [1.807, 2.05) is 14.0 Å². The summed E-state index contributed by atoms with van der Waals surface area (Å²) >= 11 is 0. The summed E-state index contributed by atoms with van der Waals surface area (Å²) in [6.07, 6.45) is 0.889. The number of ether oxygens (including phenoxy) is 1. The van der Waals surface area contributed by atoms with Gasteiger partial charge in [0, 0.05) is 20.1 Å². The lowest BCUT2D eigenvalue weighted by Crippen LogP contribution is -2.49. The molecule has 94 valence electrons. The first-order valence-corrected chi connectivity index (χ1v) is 5.82. The summed E-state index contributed by atoms with van der Waals surface area (Å²) in [6, 6.07) is 0. The minimum atomic E-state index is -0.184. The van der Waals surface area contributed by atoms with Crippen molar-refractivity contribution in [3.05, 3.63) is 11.3 Å². The second kappa shape index (κ2) is 4.14. The number of nitrogens with zero attached hydrogens (tertiary/aromatic N) is 3. The molecule has 1 aliphatic rings. The third kappa shape index (κ3) is 2.20. The summed E-state index contributed by atoms with van der Waals surface area (Å²) in [7, 11) is 1.87. The maximum absolute atomic E-state index is 11.2. The van der Waals surface area contributed by atoms with Crippen LogP contribution < -0.4 is 4.90 Å². The molecule has 0 aliphatic carbocycles. The van der Waals surface area contributed by atoms with Crippen LogP contribution in [0.3, 0.4) is 0 Å². The van der Waals surface area contributed by atoms with Crippen LogP contribution >= 0.6 is 0 Å². The molecule has 0 aromatic carbocycles. The van der Waals surface area contributed by atoms with Crippen LogP contribution in [0.15, 0.2) is 0 Å². The quantitative estimate of drug-likeness (QED) is 0.724. The van der Waals surface area contributed by atoms with Gasteiger partial charge in [0.2, 0.25) is 0 Å². The number of carbonyl (C=O) groups excluding carboxylic acids is 1. The van der Waals surface area contributed by atoms with Gasteiger partial charge in [0.1, 0.15) is 5.82 Å². The van der Waals surface area contributed by atoms with Gasteiger partial charge in [-0.1, -0.05) is 0 Å². The van der Waals surface area contributed by atoms with Crippen molar-refractivity contribution in [2.75, 3.05) is 24.6 Å². The molecule has 5 nitrogen and oxygen atoms in total. The van der Waals surface area contributed by atoms with Crippen molar-refractivity contribution >= 4 is 12.1 Å². The van der Waals surface area contributed by atoms with E-state index in [-0.39, 0.29) is 5.60 Å². The highest BCUT2D eigenvalue weighted by Crippen LogP contribution is 2.26. The Morgan fingerprint density at radius 1 is 1.47 bits per heavy atom. The molecule has 2 heterocycles. The van der Waals surface area contributed by atoms with Gasteiger partial charge in [-0.15, -0.1) is 0 Å². The van der Waals surface area contributed by atoms with E-state index in [0.29, 0.717) is 12.2 Å². The van der Waals surface area contributed by atoms with Crippen LogP contribution in [0.1, 0.15) is 29.9 Å². The molecule has 0 unspecified atom stereocenters. The van der Waals surface area contributed by atoms with Crippen LogP contribution in [-0.2, 0) is 11.8 Å². The normalized spacial score (nSPS) is 19.4. The van der Waals surface area contributed by atoms with Crippen molar-refractivity contribution in [2.45, 2.75) is 26.4 Å². The monoisotopic (exact) mass is 237 g/mol. The van der Waals surface area contributed by atoms with E-state index in [4.69, 9.17) is 4.74 Å². The molecule has 1 aromatic heterocycles. The van der Waals surface area contributed by atoms with Gasteiger partial charge >= 0.3 is 0 Å². The Morgan fingerprint density at radius 2 is 2.18 bits per heavy atom. The summed E-state index contributed by atoms with van der Waals surface area (Å²) in [5.74, 6) is 0.897. The van der Waals surface area contributed by atoms with E-state index >= 15 is 0 Å². The highest BCUT2D eigenvalue weighted by atomic mass is 16.5. The first kappa shape index (κ1) is 12.1. The lowest BCUT2D eigenvalue weighted by atomic mass is 10.1. The second-order valence-corrected chi connectivity index (χ2v) is 5.09. The lowest BCUT2D eigenvalue weighted by Gasteiger charge is -2.39. The molecule has 2 rings (SSSR count). The Labute approximate surface area is 101 Å². The molecule has 5 heteroatoms. The van der Waals surface area contributed by atoms with Crippen molar-refractivity contribution < 1.29 is 9.53 Å². The van der Waals surface area contributed by atoms with E-state index in [1.165, 1.54) is 0 Å². The molecule has 0 saturated carbocycles. The fourth-order valence-corrected chi connectivity index (χ4v) is 2.37. The smallest absolute Gasteiger partial charge is 0.155 e. The fourth-order valence-electron chi connectivity index (χ4n) is 2.37. The van der Waals surface area contributed by atoms with Gasteiger partial charge in [-0.05, 0) is 20.8 Å². The minimum Gasteiger partial charge on any atom is -0.372 e. The van der Waals surface area contributed by atoms with Crippen LogP contribution in [0.25, 0.3) is 0 Å². The number of aldehydes is 1. The summed E-state index contributed by atoms with van der Waals surface area (Å²) in [4.78, 5) is 13.3. The number of carbonyl (C=O) groups is 1. The maximum Gasteiger partial charge on any atom is 0.155 e. The first-order valence-electron chi connectivity index (χ1n) is 5.82. The summed E-state index contributed by atoms with van der Waals surface area (Å²) in [5.41, 5.74) is 1.28. The Morgan fingerprint density at radius 3 is 2.76 bits per heavy atom. The van der Waals surface area contributed by atoms with E-state index in [2.05, 4.69) is 23.8 Å². The summed E-state index contributed by atoms with van der Waals surface area (Å²) in [6.45, 7) is 8.22. The van der Waals surface area contributed by atoms with Crippen LogP contribution in [0.5, 0.6) is 0 Å². The van der Waals surface area contributed by atoms with Crippen LogP contribution in [0, 0.1) is 6.92 Å². The largest absolute Gasteiger partial charge is 0.372 e. The van der Waals surface area contributed by atoms with E-state index in [0.717, 1.165) is 30.9 Å². The van der Waals surface area contributed by atoms with Gasteiger partial charge in [0.05, 0.1) is 23.5 Å². The molecule has 0 radical (unpaired) electrons. The highest BCUT2D eigenvalue weighted by molar-refractivity contribution is 5.84. The molecule has 17 heavy (non-hydrogen) atoms. The standard InChI is InChI=1S/C12H19N3O2/c1-9-10(7-16)11(14(4)13-9)15-5-6-17-12(2,3)8-15/h7H,5-6,8H2,1-4H3. The zero-order valence-electron chi connectivity index (χ0n) is 10.9. The third-order valence-electron chi connectivity index (χ3n) is 3.08. The van der Waals surface area contributed by atoms with Crippen molar-refractivity contribution in [1.82, 2.24) is 9.78 Å². The average Bonchev–Trinajstić information content (AvgIpc) is 2.51. The van der Waals surface area contributed by atoms with Crippen LogP contribution in [-0.4, -0.2) is 41.4 Å². The second-order valence-electron chi connectivity index (χ2n) is 5.09. The van der Waals surface area contributed by atoms with Crippen LogP contribution in [0.4, 0.5) is 5.82 Å². The summed E-state index contributed by atoms with van der Waals surface area (Å²) in [5, 5.41) is 4.31. The molecular weight excluding hydrogens is 218 g/mol. The fraction of sp³-hybridized carbons (Fsp3) is 0.667. The van der Waals surface area contributed by atoms with Crippen molar-refractivity contribution in [3.63, 3.8) is 0 Å². The molecule has 1 aromatic rings. The Kier molecular flexibility index (Phi) is 2.95. The number of rotatable bonds is 2. The Bertz CT molecular complexity index is 437. The van der Waals surface area contributed by atoms with Crippen molar-refractivity contribution in [2.24, 2.45) is 7.05 Å². The number of hydrogen-bond acceptors (Lipinski definition) is 4. The predicted octanol–water partition coefficient (Wildman–Crippen LogP) is 1.16. The maximum atomic E-state index is 11.2. The predicted molar refractivity (Wildman–Crippen MR) is 65.6 cm³/mol. The number of anilines is 1. The zero-order chi connectivity index (χ0) is 12.6. The number of aryl methyl sites for hydroxylation is 2. The third-order valence-corrected chi connectivity index (χ3v) is 3.08. The van der Waals surface area contributed by atoms with Gasteiger partial charge < -0.3 is 9.64 Å². The first-order chi connectivity index (χ1) is 7.94. The molecule has 0 spiro atoms. The van der Waals surface area contributed by atoms with Crippen molar-refractivity contribution in [3.8, 4) is 0 Å². The highest BCUT2D eigenvalue weighted by Gasteiger charge is 2.30. The minimum absolute atomic E-state index is 0.184. The number of morpholine rings is 1. The van der Waals surface area contributed by atoms with Gasteiger partial charge in [0.15, 0.2) is 6.29 Å². The number of hydrogen-bond donors (Lipinski definition) is 0. The average molecular weight is 237 g/mol. The number of aromatic nitrogens is 2. The van der Waals surface area contributed by atoms with E-state index < -0.39 is 0 Å².